The number of rotatable bonds is 8. The fourth-order valence-corrected chi connectivity index (χ4v) is 3.08. The van der Waals surface area contributed by atoms with Crippen LogP contribution < -0.4 is 15.5 Å². The van der Waals surface area contributed by atoms with Gasteiger partial charge in [-0.1, -0.05) is 48.5 Å². The fourth-order valence-electron chi connectivity index (χ4n) is 3.08. The zero-order valence-electron chi connectivity index (χ0n) is 16.7. The molecule has 2 aromatic carbocycles. The summed E-state index contributed by atoms with van der Waals surface area (Å²) in [5, 5.41) is 9.92. The van der Waals surface area contributed by atoms with Crippen LogP contribution in [0.25, 0.3) is 16.9 Å². The first kappa shape index (κ1) is 20.3. The van der Waals surface area contributed by atoms with Crippen molar-refractivity contribution in [1.82, 2.24) is 20.4 Å². The van der Waals surface area contributed by atoms with E-state index in [4.69, 9.17) is 5.10 Å². The molecule has 1 heterocycles. The smallest absolute Gasteiger partial charge is 0.275 e. The monoisotopic (exact) mass is 392 g/mol. The minimum atomic E-state index is -0.216. The Morgan fingerprint density at radius 2 is 1.66 bits per heavy atom. The van der Waals surface area contributed by atoms with E-state index in [1.165, 1.54) is 0 Å². The summed E-state index contributed by atoms with van der Waals surface area (Å²) in [5.74, 6) is -0.380. The van der Waals surface area contributed by atoms with Crippen LogP contribution in [0.5, 0.6) is 0 Å². The number of carbonyl (C=O) groups is 2. The van der Waals surface area contributed by atoms with Gasteiger partial charge in [-0.15, -0.1) is 0 Å². The Bertz CT molecular complexity index is 954. The lowest BCUT2D eigenvalue weighted by Crippen LogP contribution is -3.08. The van der Waals surface area contributed by atoms with Crippen LogP contribution in [-0.4, -0.2) is 48.8 Å². The van der Waals surface area contributed by atoms with Crippen LogP contribution in [0.3, 0.4) is 0 Å². The minimum absolute atomic E-state index is 0.0101. The molecular weight excluding hydrogens is 366 g/mol. The van der Waals surface area contributed by atoms with Crippen molar-refractivity contribution in [3.63, 3.8) is 0 Å². The largest absolute Gasteiger partial charge is 0.358 e. The van der Waals surface area contributed by atoms with Crippen molar-refractivity contribution in [2.75, 3.05) is 27.2 Å². The number of amides is 2. The van der Waals surface area contributed by atoms with Gasteiger partial charge in [0.25, 0.3) is 5.91 Å². The summed E-state index contributed by atoms with van der Waals surface area (Å²) in [5.41, 5.74) is 3.97. The molecule has 3 N–H and O–H groups in total. The standard InChI is InChI=1S/C22H25N5O2/c1-23-20(28)13-24-21(29)16-26(2)14-18-15-27(19-11-7-4-8-12-19)25-22(18)17-9-5-3-6-10-17/h3-12,15H,13-14,16H2,1-2H3,(H,23,28)(H,24,29)/p+1. The van der Waals surface area contributed by atoms with E-state index >= 15 is 0 Å². The van der Waals surface area contributed by atoms with E-state index in [-0.39, 0.29) is 24.9 Å². The topological polar surface area (TPSA) is 80.5 Å². The second kappa shape index (κ2) is 9.66. The molecule has 0 saturated carbocycles. The molecule has 29 heavy (non-hydrogen) atoms. The summed E-state index contributed by atoms with van der Waals surface area (Å²) in [6.45, 7) is 0.885. The molecule has 0 saturated heterocycles. The summed E-state index contributed by atoms with van der Waals surface area (Å²) >= 11 is 0. The second-order valence-corrected chi connectivity index (χ2v) is 6.91. The Labute approximate surface area is 170 Å². The highest BCUT2D eigenvalue weighted by Crippen LogP contribution is 2.23. The van der Waals surface area contributed by atoms with Gasteiger partial charge in [0.05, 0.1) is 24.8 Å². The summed E-state index contributed by atoms with van der Waals surface area (Å²) in [4.78, 5) is 24.4. The molecule has 1 aromatic heterocycles. The Morgan fingerprint density at radius 3 is 2.31 bits per heavy atom. The fraction of sp³-hybridized carbons (Fsp3) is 0.227. The third-order valence-electron chi connectivity index (χ3n) is 4.54. The van der Waals surface area contributed by atoms with Gasteiger partial charge < -0.3 is 15.5 Å². The zero-order chi connectivity index (χ0) is 20.6. The molecule has 3 aromatic rings. The zero-order valence-corrected chi connectivity index (χ0v) is 16.7. The van der Waals surface area contributed by atoms with E-state index in [1.54, 1.807) is 7.05 Å². The molecule has 7 nitrogen and oxygen atoms in total. The SMILES string of the molecule is CNC(=O)CNC(=O)C[NH+](C)Cc1cn(-c2ccccc2)nc1-c1ccccc1. The average Bonchev–Trinajstić information content (AvgIpc) is 3.16. The van der Waals surface area contributed by atoms with Gasteiger partial charge >= 0.3 is 0 Å². The van der Waals surface area contributed by atoms with Gasteiger partial charge in [0.1, 0.15) is 12.2 Å². The van der Waals surface area contributed by atoms with Crippen LogP contribution in [0.4, 0.5) is 0 Å². The van der Waals surface area contributed by atoms with Crippen molar-refractivity contribution in [3.8, 4) is 16.9 Å². The van der Waals surface area contributed by atoms with Crippen LogP contribution in [-0.2, 0) is 16.1 Å². The Kier molecular flexibility index (Phi) is 6.76. The number of quaternary nitrogens is 1. The van der Waals surface area contributed by atoms with Gasteiger partial charge in [-0.05, 0) is 12.1 Å². The maximum absolute atomic E-state index is 12.1. The van der Waals surface area contributed by atoms with Gasteiger partial charge in [0.15, 0.2) is 6.54 Å². The summed E-state index contributed by atoms with van der Waals surface area (Å²) < 4.78 is 1.87. The number of hydrogen-bond acceptors (Lipinski definition) is 3. The Morgan fingerprint density at radius 1 is 1.00 bits per heavy atom. The lowest BCUT2D eigenvalue weighted by Gasteiger charge is -2.13. The summed E-state index contributed by atoms with van der Waals surface area (Å²) in [7, 11) is 3.50. The molecule has 7 heteroatoms. The number of nitrogens with zero attached hydrogens (tertiary/aromatic N) is 2. The quantitative estimate of drug-likeness (QED) is 0.520. The van der Waals surface area contributed by atoms with Crippen LogP contribution in [0, 0.1) is 0 Å². The molecule has 0 aliphatic carbocycles. The molecule has 1 unspecified atom stereocenters. The maximum Gasteiger partial charge on any atom is 0.275 e. The molecule has 0 aliphatic rings. The van der Waals surface area contributed by atoms with Gasteiger partial charge in [0.2, 0.25) is 5.91 Å². The molecule has 0 spiro atoms. The molecule has 3 rings (SSSR count). The van der Waals surface area contributed by atoms with E-state index in [1.807, 2.05) is 78.6 Å². The van der Waals surface area contributed by atoms with Crippen LogP contribution in [0.1, 0.15) is 5.56 Å². The van der Waals surface area contributed by atoms with Crippen molar-refractivity contribution < 1.29 is 14.5 Å². The molecule has 0 bridgehead atoms. The molecule has 1 atom stereocenters. The van der Waals surface area contributed by atoms with Crippen LogP contribution in [0.2, 0.25) is 0 Å². The Hall–Kier alpha value is -3.45. The van der Waals surface area contributed by atoms with Crippen LogP contribution >= 0.6 is 0 Å². The van der Waals surface area contributed by atoms with Gasteiger partial charge in [-0.25, -0.2) is 4.68 Å². The van der Waals surface area contributed by atoms with Gasteiger partial charge in [0, 0.05) is 18.8 Å². The second-order valence-electron chi connectivity index (χ2n) is 6.91. The number of para-hydroxylation sites is 1. The summed E-state index contributed by atoms with van der Waals surface area (Å²) in [6.07, 6.45) is 2.02. The highest BCUT2D eigenvalue weighted by atomic mass is 16.2. The van der Waals surface area contributed by atoms with Crippen molar-refractivity contribution in [2.45, 2.75) is 6.54 Å². The van der Waals surface area contributed by atoms with Crippen molar-refractivity contribution in [2.24, 2.45) is 0 Å². The number of hydrogen-bond donors (Lipinski definition) is 3. The average molecular weight is 392 g/mol. The van der Waals surface area contributed by atoms with E-state index in [0.717, 1.165) is 27.4 Å². The molecule has 150 valence electrons. The molecular formula is C22H26N5O2+. The lowest BCUT2D eigenvalue weighted by atomic mass is 10.1. The van der Waals surface area contributed by atoms with E-state index in [0.29, 0.717) is 6.54 Å². The normalized spacial score (nSPS) is 11.7. The highest BCUT2D eigenvalue weighted by molar-refractivity contribution is 5.84. The first-order valence-corrected chi connectivity index (χ1v) is 9.55. The maximum atomic E-state index is 12.1. The van der Waals surface area contributed by atoms with Gasteiger partial charge in [-0.3, -0.25) is 9.59 Å². The number of nitrogens with one attached hydrogen (secondary N) is 3. The molecule has 0 fully saturated rings. The Balaban J connectivity index is 1.77. The first-order chi connectivity index (χ1) is 14.1. The number of benzene rings is 2. The van der Waals surface area contributed by atoms with Crippen molar-refractivity contribution >= 4 is 11.8 Å². The lowest BCUT2D eigenvalue weighted by molar-refractivity contribution is -0.885. The van der Waals surface area contributed by atoms with E-state index in [2.05, 4.69) is 10.6 Å². The van der Waals surface area contributed by atoms with Crippen molar-refractivity contribution in [3.05, 3.63) is 72.4 Å². The molecule has 2 amide bonds. The summed E-state index contributed by atoms with van der Waals surface area (Å²) in [6, 6.07) is 20.0. The van der Waals surface area contributed by atoms with Crippen LogP contribution in [0.15, 0.2) is 66.9 Å². The van der Waals surface area contributed by atoms with E-state index < -0.39 is 0 Å². The third kappa shape index (κ3) is 5.52. The van der Waals surface area contributed by atoms with Crippen molar-refractivity contribution in [1.29, 1.82) is 0 Å². The number of aromatic nitrogens is 2. The van der Waals surface area contributed by atoms with E-state index in [9.17, 15) is 9.59 Å². The molecule has 0 radical (unpaired) electrons. The van der Waals surface area contributed by atoms with Gasteiger partial charge in [-0.2, -0.15) is 5.10 Å². The number of carbonyl (C=O) groups excluding carboxylic acids is 2. The third-order valence-corrected chi connectivity index (χ3v) is 4.54. The predicted molar refractivity (Wildman–Crippen MR) is 112 cm³/mol. The molecule has 0 aliphatic heterocycles. The number of likely N-dealkylation sites (N-methyl/N-ethyl adjacent to an activating group) is 2. The first-order valence-electron chi connectivity index (χ1n) is 9.55. The highest BCUT2D eigenvalue weighted by Gasteiger charge is 2.18. The minimum Gasteiger partial charge on any atom is -0.358 e. The predicted octanol–water partition coefficient (Wildman–Crippen LogP) is 0.416.